The first-order valence-electron chi connectivity index (χ1n) is 7.12. The first-order valence-corrected chi connectivity index (χ1v) is 9.15. The minimum atomic E-state index is -3.65. The van der Waals surface area contributed by atoms with E-state index in [9.17, 15) is 17.6 Å². The summed E-state index contributed by atoms with van der Waals surface area (Å²) >= 11 is 5.65. The quantitative estimate of drug-likeness (QED) is 0.597. The molecule has 0 aliphatic carbocycles. The van der Waals surface area contributed by atoms with Gasteiger partial charge >= 0.3 is 0 Å². The number of aromatic nitrogens is 2. The maximum absolute atomic E-state index is 14.5. The van der Waals surface area contributed by atoms with Crippen molar-refractivity contribution in [2.24, 2.45) is 0 Å². The maximum Gasteiger partial charge on any atom is 0.232 e. The summed E-state index contributed by atoms with van der Waals surface area (Å²) in [5, 5.41) is -0.0122. The zero-order chi connectivity index (χ0) is 17.7. The molecule has 0 atom stereocenters. The molecule has 2 aromatic rings. The van der Waals surface area contributed by atoms with E-state index in [4.69, 9.17) is 11.6 Å². The van der Waals surface area contributed by atoms with E-state index < -0.39 is 21.6 Å². The van der Waals surface area contributed by atoms with Crippen LogP contribution in [-0.4, -0.2) is 29.9 Å². The third-order valence-corrected chi connectivity index (χ3v) is 4.72. The number of hydrogen-bond donors (Lipinski definition) is 1. The molecule has 9 heteroatoms. The Balaban J connectivity index is 2.25. The summed E-state index contributed by atoms with van der Waals surface area (Å²) in [6, 6.07) is 5.46. The van der Waals surface area contributed by atoms with Crippen LogP contribution in [0.5, 0.6) is 0 Å². The second-order valence-electron chi connectivity index (χ2n) is 5.01. The fourth-order valence-corrected chi connectivity index (χ4v) is 3.34. The minimum Gasteiger partial charge on any atom is -0.294 e. The second-order valence-corrected chi connectivity index (χ2v) is 7.18. The highest BCUT2D eigenvalue weighted by Crippen LogP contribution is 2.21. The maximum atomic E-state index is 14.5. The average Bonchev–Trinajstić information content (AvgIpc) is 2.49. The van der Waals surface area contributed by atoms with Crippen LogP contribution in [0, 0.1) is 5.82 Å². The molecule has 1 heterocycles. The van der Waals surface area contributed by atoms with Crippen molar-refractivity contribution in [2.45, 2.75) is 19.8 Å². The Morgan fingerprint density at radius 3 is 2.75 bits per heavy atom. The highest BCUT2D eigenvalue weighted by Gasteiger charge is 2.19. The molecule has 2 rings (SSSR count). The van der Waals surface area contributed by atoms with Crippen molar-refractivity contribution in [1.82, 2.24) is 9.97 Å². The number of halogens is 2. The fourth-order valence-electron chi connectivity index (χ4n) is 2.04. The predicted molar refractivity (Wildman–Crippen MR) is 89.2 cm³/mol. The standard InChI is InChI=1S/C15H15ClFN3O3S/c1-2-8-24(22,23)20-12-5-3-4-11(14(12)17)13(21)9-10-6-7-18-15(16)19-10/h3-7,20H,2,8-9H2,1H3. The number of benzene rings is 1. The van der Waals surface area contributed by atoms with Gasteiger partial charge in [0.05, 0.1) is 29.1 Å². The summed E-state index contributed by atoms with van der Waals surface area (Å²) in [4.78, 5) is 19.8. The van der Waals surface area contributed by atoms with Gasteiger partial charge in [-0.25, -0.2) is 22.8 Å². The molecule has 0 saturated carbocycles. The molecule has 0 amide bonds. The Morgan fingerprint density at radius 2 is 2.08 bits per heavy atom. The van der Waals surface area contributed by atoms with Crippen molar-refractivity contribution in [3.8, 4) is 0 Å². The van der Waals surface area contributed by atoms with Crippen molar-refractivity contribution in [2.75, 3.05) is 10.5 Å². The van der Waals surface area contributed by atoms with E-state index in [1.165, 1.54) is 30.5 Å². The van der Waals surface area contributed by atoms with Crippen LogP contribution in [0.25, 0.3) is 0 Å². The number of sulfonamides is 1. The van der Waals surface area contributed by atoms with E-state index >= 15 is 0 Å². The van der Waals surface area contributed by atoms with Crippen LogP contribution in [0.1, 0.15) is 29.4 Å². The van der Waals surface area contributed by atoms with E-state index in [1.807, 2.05) is 0 Å². The van der Waals surface area contributed by atoms with Gasteiger partial charge in [-0.05, 0) is 36.2 Å². The van der Waals surface area contributed by atoms with Gasteiger partial charge in [0.1, 0.15) is 0 Å². The SMILES string of the molecule is CCCS(=O)(=O)Nc1cccc(C(=O)Cc2ccnc(Cl)n2)c1F. The number of carbonyl (C=O) groups is 1. The van der Waals surface area contributed by atoms with Gasteiger partial charge in [0.15, 0.2) is 11.6 Å². The van der Waals surface area contributed by atoms with Gasteiger partial charge in [-0.1, -0.05) is 13.0 Å². The van der Waals surface area contributed by atoms with Crippen LogP contribution < -0.4 is 4.72 Å². The molecule has 1 N–H and O–H groups in total. The van der Waals surface area contributed by atoms with Crippen molar-refractivity contribution >= 4 is 33.1 Å². The molecular formula is C15H15ClFN3O3S. The van der Waals surface area contributed by atoms with E-state index in [1.54, 1.807) is 6.92 Å². The normalized spacial score (nSPS) is 11.3. The number of carbonyl (C=O) groups excluding carboxylic acids is 1. The molecular weight excluding hydrogens is 357 g/mol. The van der Waals surface area contributed by atoms with Gasteiger partial charge in [-0.3, -0.25) is 9.52 Å². The lowest BCUT2D eigenvalue weighted by Gasteiger charge is -2.10. The van der Waals surface area contributed by atoms with Crippen LogP contribution in [0.3, 0.4) is 0 Å². The predicted octanol–water partition coefficient (Wildman–Crippen LogP) is 2.85. The summed E-state index contributed by atoms with van der Waals surface area (Å²) in [7, 11) is -3.65. The highest BCUT2D eigenvalue weighted by molar-refractivity contribution is 7.92. The smallest absolute Gasteiger partial charge is 0.232 e. The van der Waals surface area contributed by atoms with Crippen molar-refractivity contribution in [3.63, 3.8) is 0 Å². The van der Waals surface area contributed by atoms with Gasteiger partial charge in [0, 0.05) is 6.20 Å². The monoisotopic (exact) mass is 371 g/mol. The molecule has 24 heavy (non-hydrogen) atoms. The number of anilines is 1. The largest absolute Gasteiger partial charge is 0.294 e. The van der Waals surface area contributed by atoms with Crippen molar-refractivity contribution in [1.29, 1.82) is 0 Å². The van der Waals surface area contributed by atoms with Gasteiger partial charge in [-0.15, -0.1) is 0 Å². The van der Waals surface area contributed by atoms with Crippen LogP contribution in [0.4, 0.5) is 10.1 Å². The van der Waals surface area contributed by atoms with Crippen molar-refractivity contribution < 1.29 is 17.6 Å². The lowest BCUT2D eigenvalue weighted by atomic mass is 10.1. The molecule has 0 spiro atoms. The molecule has 0 unspecified atom stereocenters. The molecule has 0 radical (unpaired) electrons. The van der Waals surface area contributed by atoms with Crippen LogP contribution in [0.2, 0.25) is 5.28 Å². The summed E-state index contributed by atoms with van der Waals surface area (Å²) in [5.74, 6) is -1.59. The van der Waals surface area contributed by atoms with E-state index in [0.717, 1.165) is 0 Å². The molecule has 6 nitrogen and oxygen atoms in total. The number of ketones is 1. The van der Waals surface area contributed by atoms with Gasteiger partial charge in [0.2, 0.25) is 15.3 Å². The molecule has 128 valence electrons. The summed E-state index contributed by atoms with van der Waals surface area (Å²) in [5.41, 5.74) is -0.132. The number of Topliss-reactive ketones (excluding diaryl/α,β-unsaturated/α-hetero) is 1. The molecule has 0 bridgehead atoms. The Bertz CT molecular complexity index is 859. The van der Waals surface area contributed by atoms with Crippen LogP contribution in [-0.2, 0) is 16.4 Å². The van der Waals surface area contributed by atoms with E-state index in [0.29, 0.717) is 12.1 Å². The Kier molecular flexibility index (Phi) is 5.84. The minimum absolute atomic E-state index is 0.0122. The number of rotatable bonds is 7. The average molecular weight is 372 g/mol. The molecule has 0 fully saturated rings. The van der Waals surface area contributed by atoms with Gasteiger partial charge < -0.3 is 0 Å². The Hall–Kier alpha value is -2.06. The number of nitrogens with zero attached hydrogens (tertiary/aromatic N) is 2. The third-order valence-electron chi connectivity index (χ3n) is 3.06. The van der Waals surface area contributed by atoms with Crippen molar-refractivity contribution in [3.05, 3.63) is 52.8 Å². The zero-order valence-corrected chi connectivity index (χ0v) is 14.4. The highest BCUT2D eigenvalue weighted by atomic mass is 35.5. The van der Waals surface area contributed by atoms with Gasteiger partial charge in [0.25, 0.3) is 0 Å². The lowest BCUT2D eigenvalue weighted by Crippen LogP contribution is -2.18. The summed E-state index contributed by atoms with van der Waals surface area (Å²) < 4.78 is 40.2. The first kappa shape index (κ1) is 18.3. The molecule has 0 saturated heterocycles. The van der Waals surface area contributed by atoms with E-state index in [-0.39, 0.29) is 28.7 Å². The van der Waals surface area contributed by atoms with Gasteiger partial charge in [-0.2, -0.15) is 0 Å². The van der Waals surface area contributed by atoms with Crippen LogP contribution >= 0.6 is 11.6 Å². The molecule has 1 aromatic heterocycles. The molecule has 1 aromatic carbocycles. The molecule has 0 aliphatic heterocycles. The zero-order valence-electron chi connectivity index (χ0n) is 12.8. The topological polar surface area (TPSA) is 89.0 Å². The molecule has 0 aliphatic rings. The van der Waals surface area contributed by atoms with Crippen LogP contribution in [0.15, 0.2) is 30.5 Å². The Labute approximate surface area is 144 Å². The number of hydrogen-bond acceptors (Lipinski definition) is 5. The lowest BCUT2D eigenvalue weighted by molar-refractivity contribution is 0.0988. The summed E-state index contributed by atoms with van der Waals surface area (Å²) in [6.07, 6.45) is 1.61. The van der Waals surface area contributed by atoms with E-state index in [2.05, 4.69) is 14.7 Å². The second kappa shape index (κ2) is 7.67. The first-order chi connectivity index (χ1) is 11.3. The summed E-state index contributed by atoms with van der Waals surface area (Å²) in [6.45, 7) is 1.70. The number of nitrogens with one attached hydrogen (secondary N) is 1. The Morgan fingerprint density at radius 1 is 1.33 bits per heavy atom. The fraction of sp³-hybridized carbons (Fsp3) is 0.267. The third kappa shape index (κ3) is 4.72.